The van der Waals surface area contributed by atoms with Crippen LogP contribution in [0.25, 0.3) is 0 Å². The fourth-order valence-corrected chi connectivity index (χ4v) is 3.96. The zero-order chi connectivity index (χ0) is 17.7. The molecular weight excluding hydrogens is 344 g/mol. The van der Waals surface area contributed by atoms with Gasteiger partial charge in [-0.15, -0.1) is 0 Å². The van der Waals surface area contributed by atoms with Crippen LogP contribution in [0.4, 0.5) is 11.4 Å². The van der Waals surface area contributed by atoms with Gasteiger partial charge >= 0.3 is 0 Å². The fraction of sp³-hybridized carbons (Fsp3) is 0.0909. The van der Waals surface area contributed by atoms with Crippen molar-refractivity contribution in [2.45, 2.75) is 12.5 Å². The topological polar surface area (TPSA) is 32.7 Å². The Morgan fingerprint density at radius 2 is 1.65 bits per heavy atom. The highest BCUT2D eigenvalue weighted by molar-refractivity contribution is 6.30. The van der Waals surface area contributed by atoms with Crippen molar-refractivity contribution in [3.8, 4) is 0 Å². The van der Waals surface area contributed by atoms with Gasteiger partial charge in [0.25, 0.3) is 5.91 Å². The minimum Gasteiger partial charge on any atom is -0.298 e. The number of anilines is 1. The number of hydrogen-bond donors (Lipinski definition) is 0. The van der Waals surface area contributed by atoms with Crippen molar-refractivity contribution in [1.29, 1.82) is 0 Å². The summed E-state index contributed by atoms with van der Waals surface area (Å²) < 4.78 is 0. The van der Waals surface area contributed by atoms with Crippen LogP contribution in [0.5, 0.6) is 0 Å². The van der Waals surface area contributed by atoms with Crippen molar-refractivity contribution in [1.82, 2.24) is 0 Å². The second kappa shape index (κ2) is 5.82. The van der Waals surface area contributed by atoms with Crippen LogP contribution in [0, 0.1) is 0 Å². The summed E-state index contributed by atoms with van der Waals surface area (Å²) in [6.45, 7) is 0. The maximum Gasteiger partial charge on any atom is 0.259 e. The minimum atomic E-state index is -0.0446. The largest absolute Gasteiger partial charge is 0.298 e. The summed E-state index contributed by atoms with van der Waals surface area (Å²) in [6, 6.07) is 23.4. The molecule has 3 aromatic carbocycles. The third-order valence-corrected chi connectivity index (χ3v) is 5.29. The van der Waals surface area contributed by atoms with Gasteiger partial charge in [0.1, 0.15) is 0 Å². The van der Waals surface area contributed by atoms with Crippen molar-refractivity contribution >= 4 is 34.6 Å². The van der Waals surface area contributed by atoms with Gasteiger partial charge in [-0.25, -0.2) is 0 Å². The Morgan fingerprint density at radius 1 is 0.923 bits per heavy atom. The third kappa shape index (κ3) is 2.28. The van der Waals surface area contributed by atoms with E-state index in [0.29, 0.717) is 11.4 Å². The molecule has 0 bridgehead atoms. The van der Waals surface area contributed by atoms with E-state index < -0.39 is 0 Å². The summed E-state index contributed by atoms with van der Waals surface area (Å²) in [6.07, 6.45) is 0.666. The summed E-state index contributed by atoms with van der Waals surface area (Å²) >= 11 is 6.05. The maximum absolute atomic E-state index is 13.1. The molecule has 0 radical (unpaired) electrons. The van der Waals surface area contributed by atoms with Gasteiger partial charge in [-0.3, -0.25) is 14.7 Å². The molecule has 3 nitrogen and oxygen atoms in total. The van der Waals surface area contributed by atoms with E-state index in [1.807, 2.05) is 77.7 Å². The predicted molar refractivity (Wildman–Crippen MR) is 105 cm³/mol. The van der Waals surface area contributed by atoms with Crippen molar-refractivity contribution in [2.75, 3.05) is 4.90 Å². The molecule has 4 heteroatoms. The van der Waals surface area contributed by atoms with E-state index in [1.54, 1.807) is 0 Å². The molecule has 1 atom stereocenters. The summed E-state index contributed by atoms with van der Waals surface area (Å²) in [7, 11) is 0. The number of amides is 1. The Morgan fingerprint density at radius 3 is 2.50 bits per heavy atom. The number of para-hydroxylation sites is 2. The summed E-state index contributed by atoms with van der Waals surface area (Å²) in [4.78, 5) is 19.9. The molecule has 1 amide bonds. The first-order valence-electron chi connectivity index (χ1n) is 8.57. The average molecular weight is 359 g/mol. The van der Waals surface area contributed by atoms with Crippen molar-refractivity contribution < 1.29 is 4.79 Å². The summed E-state index contributed by atoms with van der Waals surface area (Å²) in [5.74, 6) is 0.0469. The molecule has 1 unspecified atom stereocenters. The van der Waals surface area contributed by atoms with E-state index in [-0.39, 0.29) is 11.9 Å². The normalized spacial score (nSPS) is 17.9. The molecule has 0 aliphatic carbocycles. The lowest BCUT2D eigenvalue weighted by Gasteiger charge is -2.24. The highest BCUT2D eigenvalue weighted by Gasteiger charge is 2.40. The molecule has 0 spiro atoms. The quantitative estimate of drug-likeness (QED) is 0.560. The number of rotatable bonds is 1. The molecule has 0 saturated heterocycles. The van der Waals surface area contributed by atoms with E-state index in [2.05, 4.69) is 0 Å². The van der Waals surface area contributed by atoms with Gasteiger partial charge in [0, 0.05) is 17.0 Å². The Labute approximate surface area is 156 Å². The Bertz CT molecular complexity index is 1060. The van der Waals surface area contributed by atoms with Gasteiger partial charge in [0.05, 0.1) is 23.1 Å². The van der Waals surface area contributed by atoms with Crippen LogP contribution < -0.4 is 4.90 Å². The van der Waals surface area contributed by atoms with E-state index >= 15 is 0 Å². The molecule has 2 heterocycles. The monoisotopic (exact) mass is 358 g/mol. The summed E-state index contributed by atoms with van der Waals surface area (Å²) in [5.41, 5.74) is 5.53. The lowest BCUT2D eigenvalue weighted by Crippen LogP contribution is -2.28. The number of carbonyl (C=O) groups excluding carboxylic acids is 1. The smallest absolute Gasteiger partial charge is 0.259 e. The Kier molecular flexibility index (Phi) is 3.44. The predicted octanol–water partition coefficient (Wildman–Crippen LogP) is 5.57. The lowest BCUT2D eigenvalue weighted by atomic mass is 9.97. The van der Waals surface area contributed by atoms with Crippen LogP contribution in [0.1, 0.15) is 33.9 Å². The lowest BCUT2D eigenvalue weighted by molar-refractivity contribution is 0.0992. The standard InChI is InChI=1S/C22H15ClN2O/c23-15-11-9-14(10-12-15)19-13-21-16-5-1-2-6-17(16)22(26)25(21)20-8-4-3-7-18(20)24-19/h1-12,21H,13H2. The van der Waals surface area contributed by atoms with Gasteiger partial charge in [-0.1, -0.05) is 54.1 Å². The number of aliphatic imine (C=N–C) groups is 1. The van der Waals surface area contributed by atoms with E-state index in [9.17, 15) is 4.79 Å². The minimum absolute atomic E-state index is 0.0446. The van der Waals surface area contributed by atoms with Crippen LogP contribution in [0.2, 0.25) is 5.02 Å². The molecule has 2 aliphatic rings. The highest BCUT2D eigenvalue weighted by Crippen LogP contribution is 2.45. The molecule has 0 N–H and O–H groups in total. The van der Waals surface area contributed by atoms with Crippen molar-refractivity contribution in [2.24, 2.45) is 4.99 Å². The van der Waals surface area contributed by atoms with Crippen LogP contribution in [0.15, 0.2) is 77.8 Å². The second-order valence-corrected chi connectivity index (χ2v) is 6.97. The molecule has 0 saturated carbocycles. The number of nitrogens with zero attached hydrogens (tertiary/aromatic N) is 2. The average Bonchev–Trinajstić information content (AvgIpc) is 2.84. The Balaban J connectivity index is 1.71. The maximum atomic E-state index is 13.1. The summed E-state index contributed by atoms with van der Waals surface area (Å²) in [5, 5.41) is 0.700. The number of hydrogen-bond acceptors (Lipinski definition) is 2. The first-order chi connectivity index (χ1) is 12.7. The number of halogens is 1. The molecular formula is C22H15ClN2O. The van der Waals surface area contributed by atoms with E-state index in [1.165, 1.54) is 0 Å². The van der Waals surface area contributed by atoms with Crippen LogP contribution in [0.3, 0.4) is 0 Å². The molecule has 2 aliphatic heterocycles. The van der Waals surface area contributed by atoms with Gasteiger partial charge < -0.3 is 0 Å². The van der Waals surface area contributed by atoms with Crippen LogP contribution in [-0.2, 0) is 0 Å². The van der Waals surface area contributed by atoms with Gasteiger partial charge in [0.2, 0.25) is 0 Å². The van der Waals surface area contributed by atoms with E-state index in [4.69, 9.17) is 16.6 Å². The Hall–Kier alpha value is -2.91. The van der Waals surface area contributed by atoms with E-state index in [0.717, 1.165) is 33.8 Å². The molecule has 3 aromatic rings. The fourth-order valence-electron chi connectivity index (χ4n) is 3.83. The molecule has 126 valence electrons. The zero-order valence-electron chi connectivity index (χ0n) is 13.9. The SMILES string of the molecule is O=C1c2ccccc2C2CC(c3ccc(Cl)cc3)=Nc3ccccc3N12. The molecule has 5 rings (SSSR count). The molecule has 0 aromatic heterocycles. The zero-order valence-corrected chi connectivity index (χ0v) is 14.6. The van der Waals surface area contributed by atoms with Gasteiger partial charge in [0.15, 0.2) is 0 Å². The van der Waals surface area contributed by atoms with Crippen molar-refractivity contribution in [3.05, 3.63) is 94.5 Å². The van der Waals surface area contributed by atoms with Crippen LogP contribution >= 0.6 is 11.6 Å². The molecule has 26 heavy (non-hydrogen) atoms. The molecule has 0 fully saturated rings. The third-order valence-electron chi connectivity index (χ3n) is 5.04. The number of fused-ring (bicyclic) bond motifs is 5. The first-order valence-corrected chi connectivity index (χ1v) is 8.95. The highest BCUT2D eigenvalue weighted by atomic mass is 35.5. The van der Waals surface area contributed by atoms with Crippen molar-refractivity contribution in [3.63, 3.8) is 0 Å². The van der Waals surface area contributed by atoms with Crippen LogP contribution in [-0.4, -0.2) is 11.6 Å². The number of carbonyl (C=O) groups is 1. The van der Waals surface area contributed by atoms with Gasteiger partial charge in [-0.05, 0) is 41.5 Å². The number of benzene rings is 3. The van der Waals surface area contributed by atoms with Gasteiger partial charge in [-0.2, -0.15) is 0 Å². The first kappa shape index (κ1) is 15.4. The second-order valence-electron chi connectivity index (χ2n) is 6.54.